The minimum atomic E-state index is -1.44. The number of ether oxygens (including phenoxy) is 1. The monoisotopic (exact) mass is 508 g/mol. The van der Waals surface area contributed by atoms with Crippen molar-refractivity contribution >= 4 is 23.4 Å². The molecule has 10 nitrogen and oxygen atoms in total. The number of carbonyl (C=O) groups is 2. The summed E-state index contributed by atoms with van der Waals surface area (Å²) in [6.45, 7) is 7.96. The van der Waals surface area contributed by atoms with Crippen molar-refractivity contribution < 1.29 is 19.4 Å². The summed E-state index contributed by atoms with van der Waals surface area (Å²) in [6.07, 6.45) is 3.85. The van der Waals surface area contributed by atoms with Crippen LogP contribution in [0.1, 0.15) is 51.3 Å². The van der Waals surface area contributed by atoms with E-state index >= 15 is 0 Å². The van der Waals surface area contributed by atoms with Crippen LogP contribution in [0, 0.1) is 0 Å². The van der Waals surface area contributed by atoms with Crippen molar-refractivity contribution in [3.8, 4) is 11.4 Å². The van der Waals surface area contributed by atoms with Gasteiger partial charge in [-0.2, -0.15) is 0 Å². The molecule has 0 radical (unpaired) electrons. The highest BCUT2D eigenvalue weighted by atomic mass is 16.5. The summed E-state index contributed by atoms with van der Waals surface area (Å²) in [5.41, 5.74) is 1.92. The summed E-state index contributed by atoms with van der Waals surface area (Å²) in [6, 6.07) is 7.73. The largest absolute Gasteiger partial charge is 0.381 e. The van der Waals surface area contributed by atoms with Gasteiger partial charge >= 0.3 is 6.03 Å². The van der Waals surface area contributed by atoms with Gasteiger partial charge in [0.25, 0.3) is 5.91 Å². The first-order chi connectivity index (χ1) is 17.7. The molecule has 2 fully saturated rings. The van der Waals surface area contributed by atoms with Gasteiger partial charge in [0.1, 0.15) is 11.4 Å². The number of anilines is 2. The zero-order valence-electron chi connectivity index (χ0n) is 21.8. The van der Waals surface area contributed by atoms with Crippen LogP contribution in [-0.2, 0) is 22.5 Å². The number of hydrogen-bond acceptors (Lipinski definition) is 7. The van der Waals surface area contributed by atoms with E-state index in [1.54, 1.807) is 4.90 Å². The summed E-state index contributed by atoms with van der Waals surface area (Å²) in [5, 5.41) is 16.2. The Bertz CT molecular complexity index is 1160. The number of benzene rings is 1. The molecule has 0 bridgehead atoms. The van der Waals surface area contributed by atoms with Crippen LogP contribution >= 0.6 is 0 Å². The van der Waals surface area contributed by atoms with Gasteiger partial charge in [0, 0.05) is 35.9 Å². The van der Waals surface area contributed by atoms with Crippen molar-refractivity contribution in [1.29, 1.82) is 0 Å². The number of rotatable bonds is 5. The molecule has 1 saturated heterocycles. The Balaban J connectivity index is 1.43. The van der Waals surface area contributed by atoms with Crippen LogP contribution in [0.15, 0.2) is 24.3 Å². The van der Waals surface area contributed by atoms with Crippen molar-refractivity contribution in [3.05, 3.63) is 35.5 Å². The number of carbonyl (C=O) groups excluding carboxylic acids is 2. The second-order valence-corrected chi connectivity index (χ2v) is 10.8. The molecule has 198 valence electrons. The quantitative estimate of drug-likeness (QED) is 0.568. The average Bonchev–Trinajstić information content (AvgIpc) is 2.85. The Hall–Kier alpha value is -3.24. The van der Waals surface area contributed by atoms with E-state index < -0.39 is 5.60 Å². The maximum absolute atomic E-state index is 12.8. The number of aromatic nitrogens is 2. The zero-order chi connectivity index (χ0) is 26.2. The van der Waals surface area contributed by atoms with Gasteiger partial charge < -0.3 is 30.3 Å². The Labute approximate surface area is 217 Å². The highest BCUT2D eigenvalue weighted by Gasteiger charge is 2.34. The van der Waals surface area contributed by atoms with Gasteiger partial charge in [-0.3, -0.25) is 4.79 Å². The molecule has 5 rings (SSSR count). The maximum atomic E-state index is 12.8. The van der Waals surface area contributed by atoms with Crippen molar-refractivity contribution in [2.45, 2.75) is 70.7 Å². The molecule has 3 aliphatic rings. The van der Waals surface area contributed by atoms with Crippen molar-refractivity contribution in [2.75, 3.05) is 36.5 Å². The first-order valence-corrected chi connectivity index (χ1v) is 13.1. The fraction of sp³-hybridized carbons (Fsp3) is 0.556. The molecular formula is C27H36N6O4. The Morgan fingerprint density at radius 1 is 1.14 bits per heavy atom. The first-order valence-electron chi connectivity index (χ1n) is 13.1. The predicted octanol–water partition coefficient (Wildman–Crippen LogP) is 2.70. The smallest absolute Gasteiger partial charge is 0.319 e. The predicted molar refractivity (Wildman–Crippen MR) is 140 cm³/mol. The van der Waals surface area contributed by atoms with Crippen LogP contribution in [0.5, 0.6) is 0 Å². The first kappa shape index (κ1) is 25.4. The molecule has 3 N–H and O–H groups in total. The Kier molecular flexibility index (Phi) is 7.04. The number of nitrogens with one attached hydrogen (secondary N) is 2. The Morgan fingerprint density at radius 3 is 2.54 bits per heavy atom. The average molecular weight is 509 g/mol. The van der Waals surface area contributed by atoms with Crippen LogP contribution in [0.4, 0.5) is 16.3 Å². The van der Waals surface area contributed by atoms with Crippen molar-refractivity contribution in [1.82, 2.24) is 20.2 Å². The minimum absolute atomic E-state index is 0.164. The molecule has 3 amide bonds. The second kappa shape index (κ2) is 10.3. The van der Waals surface area contributed by atoms with Gasteiger partial charge in [0.05, 0.1) is 31.5 Å². The summed E-state index contributed by atoms with van der Waals surface area (Å²) >= 11 is 0. The number of morpholine rings is 1. The zero-order valence-corrected chi connectivity index (χ0v) is 21.8. The van der Waals surface area contributed by atoms with Crippen molar-refractivity contribution in [3.63, 3.8) is 0 Å². The van der Waals surface area contributed by atoms with E-state index in [0.29, 0.717) is 44.2 Å². The molecule has 2 aromatic rings. The van der Waals surface area contributed by atoms with Gasteiger partial charge in [0.15, 0.2) is 5.82 Å². The lowest BCUT2D eigenvalue weighted by atomic mass is 9.93. The summed E-state index contributed by atoms with van der Waals surface area (Å²) in [7, 11) is 0. The standard InChI is InChI=1S/C27H36N6O4/c1-17-16-37-14-13-33(17)24-21-11-12-32(25(34)27(2,3)36)15-22(21)30-23(31-24)18-7-9-20(10-8-18)29-26(35)28-19-5-4-6-19/h7-10,17,19,36H,4-6,11-16H2,1-3H3,(H2,28,29,35). The molecule has 1 saturated carbocycles. The Morgan fingerprint density at radius 2 is 1.89 bits per heavy atom. The molecule has 1 atom stereocenters. The third-order valence-corrected chi connectivity index (χ3v) is 7.33. The lowest BCUT2D eigenvalue weighted by Gasteiger charge is -2.38. The van der Waals surface area contributed by atoms with E-state index in [1.165, 1.54) is 13.8 Å². The van der Waals surface area contributed by atoms with Crippen LogP contribution in [0.25, 0.3) is 11.4 Å². The lowest BCUT2D eigenvalue weighted by Crippen LogP contribution is -2.48. The van der Waals surface area contributed by atoms with Crippen LogP contribution in [0.3, 0.4) is 0 Å². The molecule has 1 aromatic heterocycles. The number of aliphatic hydroxyl groups is 1. The van der Waals surface area contributed by atoms with Crippen LogP contribution in [-0.4, -0.2) is 75.9 Å². The number of fused-ring (bicyclic) bond motifs is 1. The summed E-state index contributed by atoms with van der Waals surface area (Å²) in [4.78, 5) is 38.8. The van der Waals surface area contributed by atoms with Crippen LogP contribution in [0.2, 0.25) is 0 Å². The summed E-state index contributed by atoms with van der Waals surface area (Å²) < 4.78 is 5.65. The van der Waals surface area contributed by atoms with E-state index in [0.717, 1.165) is 48.4 Å². The third-order valence-electron chi connectivity index (χ3n) is 7.33. The van der Waals surface area contributed by atoms with E-state index in [9.17, 15) is 14.7 Å². The molecule has 3 heterocycles. The van der Waals surface area contributed by atoms with E-state index in [-0.39, 0.29) is 24.0 Å². The lowest BCUT2D eigenvalue weighted by molar-refractivity contribution is -0.148. The molecule has 2 aliphatic heterocycles. The molecule has 1 aromatic carbocycles. The molecule has 1 unspecified atom stereocenters. The number of urea groups is 1. The fourth-order valence-electron chi connectivity index (χ4n) is 4.99. The number of amides is 3. The highest BCUT2D eigenvalue weighted by Crippen LogP contribution is 2.32. The maximum Gasteiger partial charge on any atom is 0.319 e. The molecular weight excluding hydrogens is 472 g/mol. The SMILES string of the molecule is CC1COCCN1c1nc(-c2ccc(NC(=O)NC3CCC3)cc2)nc2c1CCN(C(=O)C(C)(C)O)C2. The van der Waals surface area contributed by atoms with E-state index in [4.69, 9.17) is 14.7 Å². The van der Waals surface area contributed by atoms with Gasteiger partial charge in [-0.25, -0.2) is 14.8 Å². The molecule has 0 spiro atoms. The minimum Gasteiger partial charge on any atom is -0.381 e. The molecule has 37 heavy (non-hydrogen) atoms. The molecule has 1 aliphatic carbocycles. The number of hydrogen-bond donors (Lipinski definition) is 3. The van der Waals surface area contributed by atoms with Gasteiger partial charge in [0.2, 0.25) is 0 Å². The van der Waals surface area contributed by atoms with Crippen LogP contribution < -0.4 is 15.5 Å². The molecule has 10 heteroatoms. The normalized spacial score (nSPS) is 20.2. The number of nitrogens with zero attached hydrogens (tertiary/aromatic N) is 4. The topological polar surface area (TPSA) is 120 Å². The van der Waals surface area contributed by atoms with Crippen molar-refractivity contribution in [2.24, 2.45) is 0 Å². The van der Waals surface area contributed by atoms with Gasteiger partial charge in [-0.15, -0.1) is 0 Å². The van der Waals surface area contributed by atoms with E-state index in [1.807, 2.05) is 24.3 Å². The van der Waals surface area contributed by atoms with E-state index in [2.05, 4.69) is 22.5 Å². The second-order valence-electron chi connectivity index (χ2n) is 10.8. The fourth-order valence-corrected chi connectivity index (χ4v) is 4.99. The van der Waals surface area contributed by atoms with Gasteiger partial charge in [-0.1, -0.05) is 0 Å². The van der Waals surface area contributed by atoms with Gasteiger partial charge in [-0.05, 0) is 70.7 Å². The summed E-state index contributed by atoms with van der Waals surface area (Å²) in [5.74, 6) is 1.14. The highest BCUT2D eigenvalue weighted by molar-refractivity contribution is 5.89. The third kappa shape index (κ3) is 5.55.